The standard InChI is InChI=1S/C17H30N4O/c1-12(2)15-10-14(18-21(15)17(4,5)6)16(22)20-9-8-19(7)11-13(20)3/h10,12-13H,8-9,11H2,1-7H3/t13-/m0/s1. The largest absolute Gasteiger partial charge is 0.332 e. The van der Waals surface area contributed by atoms with Gasteiger partial charge in [0.05, 0.1) is 5.54 Å². The fourth-order valence-corrected chi connectivity index (χ4v) is 3.04. The lowest BCUT2D eigenvalue weighted by molar-refractivity contribution is 0.0526. The molecule has 5 heteroatoms. The predicted octanol–water partition coefficient (Wildman–Crippen LogP) is 2.54. The van der Waals surface area contributed by atoms with E-state index in [9.17, 15) is 4.79 Å². The molecule has 0 spiro atoms. The SMILES string of the molecule is CC(C)c1cc(C(=O)N2CCN(C)C[C@@H]2C)nn1C(C)(C)C. The zero-order valence-corrected chi connectivity index (χ0v) is 15.1. The first-order chi connectivity index (χ1) is 10.1. The van der Waals surface area contributed by atoms with E-state index in [0.29, 0.717) is 11.6 Å². The van der Waals surface area contributed by atoms with Crippen molar-refractivity contribution < 1.29 is 4.79 Å². The number of rotatable bonds is 2. The Labute approximate surface area is 134 Å². The van der Waals surface area contributed by atoms with Crippen LogP contribution in [0, 0.1) is 0 Å². The van der Waals surface area contributed by atoms with Crippen LogP contribution < -0.4 is 0 Å². The van der Waals surface area contributed by atoms with E-state index in [1.54, 1.807) is 0 Å². The maximum absolute atomic E-state index is 12.9. The van der Waals surface area contributed by atoms with Crippen LogP contribution in [0.5, 0.6) is 0 Å². The fourth-order valence-electron chi connectivity index (χ4n) is 3.04. The number of aromatic nitrogens is 2. The van der Waals surface area contributed by atoms with Crippen molar-refractivity contribution in [2.45, 2.75) is 59.0 Å². The number of likely N-dealkylation sites (N-methyl/N-ethyl adjacent to an activating group) is 1. The zero-order valence-electron chi connectivity index (χ0n) is 15.1. The van der Waals surface area contributed by atoms with E-state index < -0.39 is 0 Å². The number of nitrogens with zero attached hydrogens (tertiary/aromatic N) is 4. The third-order valence-corrected chi connectivity index (χ3v) is 4.27. The van der Waals surface area contributed by atoms with Crippen molar-refractivity contribution in [3.05, 3.63) is 17.5 Å². The summed E-state index contributed by atoms with van der Waals surface area (Å²) < 4.78 is 2.01. The van der Waals surface area contributed by atoms with E-state index in [1.165, 1.54) is 0 Å². The van der Waals surface area contributed by atoms with Crippen molar-refractivity contribution in [2.24, 2.45) is 0 Å². The predicted molar refractivity (Wildman–Crippen MR) is 89.3 cm³/mol. The van der Waals surface area contributed by atoms with E-state index in [4.69, 9.17) is 0 Å². The molecule has 1 atom stereocenters. The van der Waals surface area contributed by atoms with Crippen molar-refractivity contribution in [3.63, 3.8) is 0 Å². The molecular formula is C17H30N4O. The van der Waals surface area contributed by atoms with Gasteiger partial charge in [-0.1, -0.05) is 13.8 Å². The van der Waals surface area contributed by atoms with Crippen LogP contribution in [0.3, 0.4) is 0 Å². The average Bonchev–Trinajstić information content (AvgIpc) is 2.83. The van der Waals surface area contributed by atoms with Gasteiger partial charge in [-0.25, -0.2) is 0 Å². The Morgan fingerprint density at radius 1 is 1.32 bits per heavy atom. The summed E-state index contributed by atoms with van der Waals surface area (Å²) in [6.45, 7) is 15.4. The van der Waals surface area contributed by atoms with Gasteiger partial charge in [0, 0.05) is 31.4 Å². The molecule has 0 N–H and O–H groups in total. The Kier molecular flexibility index (Phi) is 4.66. The van der Waals surface area contributed by atoms with Gasteiger partial charge >= 0.3 is 0 Å². The summed E-state index contributed by atoms with van der Waals surface area (Å²) in [5.41, 5.74) is 1.58. The van der Waals surface area contributed by atoms with Crippen LogP contribution in [0.1, 0.15) is 63.6 Å². The van der Waals surface area contributed by atoms with Crippen LogP contribution in [0.2, 0.25) is 0 Å². The third-order valence-electron chi connectivity index (χ3n) is 4.27. The van der Waals surface area contributed by atoms with E-state index in [-0.39, 0.29) is 17.5 Å². The summed E-state index contributed by atoms with van der Waals surface area (Å²) in [7, 11) is 2.10. The summed E-state index contributed by atoms with van der Waals surface area (Å²) in [6.07, 6.45) is 0. The molecule has 0 aromatic carbocycles. The Bertz CT molecular complexity index is 541. The van der Waals surface area contributed by atoms with Gasteiger partial charge in [-0.3, -0.25) is 9.48 Å². The smallest absolute Gasteiger partial charge is 0.274 e. The molecule has 5 nitrogen and oxygen atoms in total. The highest BCUT2D eigenvalue weighted by atomic mass is 16.2. The van der Waals surface area contributed by atoms with E-state index >= 15 is 0 Å². The summed E-state index contributed by atoms with van der Waals surface area (Å²) in [6, 6.07) is 2.21. The molecule has 1 saturated heterocycles. The first-order valence-corrected chi connectivity index (χ1v) is 8.21. The molecule has 2 rings (SSSR count). The van der Waals surface area contributed by atoms with Crippen molar-refractivity contribution in [2.75, 3.05) is 26.7 Å². The molecule has 1 amide bonds. The second-order valence-electron chi connectivity index (χ2n) is 7.80. The summed E-state index contributed by atoms with van der Waals surface area (Å²) in [4.78, 5) is 17.1. The molecule has 0 saturated carbocycles. The highest BCUT2D eigenvalue weighted by Gasteiger charge is 2.30. The Morgan fingerprint density at radius 3 is 2.41 bits per heavy atom. The van der Waals surface area contributed by atoms with Crippen LogP contribution in [0.4, 0.5) is 0 Å². The molecule has 2 heterocycles. The molecule has 1 aliphatic rings. The van der Waals surface area contributed by atoms with Gasteiger partial charge in [0.2, 0.25) is 0 Å². The summed E-state index contributed by atoms with van der Waals surface area (Å²) >= 11 is 0. The minimum Gasteiger partial charge on any atom is -0.332 e. The zero-order chi connectivity index (χ0) is 16.7. The maximum atomic E-state index is 12.9. The van der Waals surface area contributed by atoms with Crippen molar-refractivity contribution in [3.8, 4) is 0 Å². The van der Waals surface area contributed by atoms with Crippen molar-refractivity contribution in [1.82, 2.24) is 19.6 Å². The van der Waals surface area contributed by atoms with Gasteiger partial charge in [-0.05, 0) is 46.7 Å². The molecule has 1 aromatic rings. The highest BCUT2D eigenvalue weighted by molar-refractivity contribution is 5.92. The number of hydrogen-bond donors (Lipinski definition) is 0. The van der Waals surface area contributed by atoms with Gasteiger partial charge in [0.1, 0.15) is 0 Å². The molecule has 124 valence electrons. The first-order valence-electron chi connectivity index (χ1n) is 8.21. The Morgan fingerprint density at radius 2 is 1.95 bits per heavy atom. The van der Waals surface area contributed by atoms with Crippen LogP contribution in [-0.4, -0.2) is 58.2 Å². The number of carbonyl (C=O) groups excluding carboxylic acids is 1. The molecule has 0 bridgehead atoms. The molecule has 1 aliphatic heterocycles. The van der Waals surface area contributed by atoms with E-state index in [0.717, 1.165) is 25.3 Å². The lowest BCUT2D eigenvalue weighted by Crippen LogP contribution is -2.52. The fraction of sp³-hybridized carbons (Fsp3) is 0.765. The molecule has 0 radical (unpaired) electrons. The molecule has 1 fully saturated rings. The Hall–Kier alpha value is -1.36. The van der Waals surface area contributed by atoms with Gasteiger partial charge in [0.15, 0.2) is 5.69 Å². The van der Waals surface area contributed by atoms with Crippen LogP contribution in [0.15, 0.2) is 6.07 Å². The van der Waals surface area contributed by atoms with Gasteiger partial charge in [-0.15, -0.1) is 0 Å². The van der Waals surface area contributed by atoms with Crippen molar-refractivity contribution in [1.29, 1.82) is 0 Å². The molecular weight excluding hydrogens is 276 g/mol. The molecule has 0 aliphatic carbocycles. The normalized spacial score (nSPS) is 20.7. The van der Waals surface area contributed by atoms with Crippen LogP contribution in [-0.2, 0) is 5.54 Å². The second kappa shape index (κ2) is 6.03. The van der Waals surface area contributed by atoms with Gasteiger partial charge in [0.25, 0.3) is 5.91 Å². The minimum atomic E-state index is -0.119. The number of hydrogen-bond acceptors (Lipinski definition) is 3. The molecule has 1 aromatic heterocycles. The lowest BCUT2D eigenvalue weighted by atomic mass is 10.1. The van der Waals surface area contributed by atoms with Crippen LogP contribution in [0.25, 0.3) is 0 Å². The Balaban J connectivity index is 2.31. The first kappa shape index (κ1) is 17.0. The van der Waals surface area contributed by atoms with Gasteiger partial charge < -0.3 is 9.80 Å². The summed E-state index contributed by atoms with van der Waals surface area (Å²) in [5, 5.41) is 4.64. The summed E-state index contributed by atoms with van der Waals surface area (Å²) in [5.74, 6) is 0.406. The molecule has 22 heavy (non-hydrogen) atoms. The minimum absolute atomic E-state index is 0.0606. The highest BCUT2D eigenvalue weighted by Crippen LogP contribution is 2.24. The second-order valence-corrected chi connectivity index (χ2v) is 7.80. The molecule has 0 unspecified atom stereocenters. The quantitative estimate of drug-likeness (QED) is 0.843. The van der Waals surface area contributed by atoms with E-state index in [2.05, 4.69) is 58.6 Å². The van der Waals surface area contributed by atoms with Crippen molar-refractivity contribution >= 4 is 5.91 Å². The van der Waals surface area contributed by atoms with E-state index in [1.807, 2.05) is 15.6 Å². The van der Waals surface area contributed by atoms with Crippen LogP contribution >= 0.6 is 0 Å². The average molecular weight is 306 g/mol. The lowest BCUT2D eigenvalue weighted by Gasteiger charge is -2.37. The number of carbonyl (C=O) groups is 1. The third kappa shape index (κ3) is 3.35. The monoisotopic (exact) mass is 306 g/mol. The van der Waals surface area contributed by atoms with Gasteiger partial charge in [-0.2, -0.15) is 5.10 Å². The number of piperazine rings is 1. The topological polar surface area (TPSA) is 41.4 Å². The maximum Gasteiger partial charge on any atom is 0.274 e. The number of amides is 1.